The summed E-state index contributed by atoms with van der Waals surface area (Å²) >= 11 is 6.13. The summed E-state index contributed by atoms with van der Waals surface area (Å²) in [6.45, 7) is 5.11. The predicted molar refractivity (Wildman–Crippen MR) is 98.1 cm³/mol. The number of benzene rings is 1. The number of carbonyl (C=O) groups excluding carboxylic acids is 1. The molecule has 26 heavy (non-hydrogen) atoms. The average molecular weight is 382 g/mol. The fourth-order valence-electron chi connectivity index (χ4n) is 4.19. The number of halogens is 2. The van der Waals surface area contributed by atoms with Gasteiger partial charge in [-0.15, -0.1) is 0 Å². The molecule has 3 aliphatic rings. The summed E-state index contributed by atoms with van der Waals surface area (Å²) in [5.74, 6) is 0.192. The van der Waals surface area contributed by atoms with E-state index in [0.29, 0.717) is 42.2 Å². The van der Waals surface area contributed by atoms with Crippen molar-refractivity contribution in [3.63, 3.8) is 0 Å². The smallest absolute Gasteiger partial charge is 0.241 e. The molecule has 0 bridgehead atoms. The summed E-state index contributed by atoms with van der Waals surface area (Å²) in [4.78, 5) is 17.0. The molecule has 3 unspecified atom stereocenters. The molecule has 4 rings (SSSR count). The lowest BCUT2D eigenvalue weighted by atomic mass is 9.89. The van der Waals surface area contributed by atoms with E-state index in [-0.39, 0.29) is 17.8 Å². The summed E-state index contributed by atoms with van der Waals surface area (Å²) in [5.41, 5.74) is 7.01. The maximum Gasteiger partial charge on any atom is 0.241 e. The van der Waals surface area contributed by atoms with Gasteiger partial charge in [0.05, 0.1) is 0 Å². The van der Waals surface area contributed by atoms with Crippen LogP contribution in [0.5, 0.6) is 0 Å². The Bertz CT molecular complexity index is 647. The van der Waals surface area contributed by atoms with Crippen LogP contribution in [0.25, 0.3) is 0 Å². The first kappa shape index (κ1) is 18.1. The SMILES string of the molecule is O=C(C1NNC2CCNCC21)N1CCN(Cc2c(F)cccc2Cl)CC1. The van der Waals surface area contributed by atoms with E-state index in [1.54, 1.807) is 12.1 Å². The highest BCUT2D eigenvalue weighted by molar-refractivity contribution is 6.31. The molecule has 1 aromatic rings. The number of carbonyl (C=O) groups is 1. The molecule has 0 aliphatic carbocycles. The van der Waals surface area contributed by atoms with Crippen LogP contribution in [-0.4, -0.2) is 67.1 Å². The first-order valence-corrected chi connectivity index (χ1v) is 9.67. The van der Waals surface area contributed by atoms with Crippen LogP contribution in [0.1, 0.15) is 12.0 Å². The van der Waals surface area contributed by atoms with Crippen LogP contribution in [0.3, 0.4) is 0 Å². The molecule has 3 heterocycles. The lowest BCUT2D eigenvalue weighted by Gasteiger charge is -2.37. The minimum atomic E-state index is -0.270. The second-order valence-electron chi connectivity index (χ2n) is 7.33. The zero-order valence-corrected chi connectivity index (χ0v) is 15.4. The Labute approximate surface area is 158 Å². The van der Waals surface area contributed by atoms with Gasteiger partial charge in [-0.3, -0.25) is 15.1 Å². The minimum Gasteiger partial charge on any atom is -0.339 e. The van der Waals surface area contributed by atoms with Gasteiger partial charge in [0.25, 0.3) is 0 Å². The second kappa shape index (κ2) is 7.78. The molecule has 6 nitrogen and oxygen atoms in total. The van der Waals surface area contributed by atoms with Gasteiger partial charge < -0.3 is 10.2 Å². The molecule has 0 spiro atoms. The zero-order chi connectivity index (χ0) is 18.1. The molecule has 142 valence electrons. The second-order valence-corrected chi connectivity index (χ2v) is 7.74. The molecule has 3 saturated heterocycles. The van der Waals surface area contributed by atoms with Gasteiger partial charge >= 0.3 is 0 Å². The molecule has 0 radical (unpaired) electrons. The predicted octanol–water partition coefficient (Wildman–Crippen LogP) is 0.578. The van der Waals surface area contributed by atoms with Gasteiger partial charge in [0.1, 0.15) is 11.9 Å². The first-order chi connectivity index (χ1) is 12.6. The first-order valence-electron chi connectivity index (χ1n) is 9.29. The number of hydrazine groups is 1. The van der Waals surface area contributed by atoms with E-state index in [1.807, 2.05) is 4.90 Å². The van der Waals surface area contributed by atoms with Crippen molar-refractivity contribution in [3.05, 3.63) is 34.6 Å². The van der Waals surface area contributed by atoms with Gasteiger partial charge in [-0.05, 0) is 25.1 Å². The molecule has 0 saturated carbocycles. The average Bonchev–Trinajstić information content (AvgIpc) is 3.09. The summed E-state index contributed by atoms with van der Waals surface area (Å²) < 4.78 is 14.0. The Balaban J connectivity index is 1.33. The lowest BCUT2D eigenvalue weighted by molar-refractivity contribution is -0.136. The third kappa shape index (κ3) is 3.59. The molecule has 0 aromatic heterocycles. The Morgan fingerprint density at radius 1 is 1.23 bits per heavy atom. The summed E-state index contributed by atoms with van der Waals surface area (Å²) in [7, 11) is 0. The van der Waals surface area contributed by atoms with Crippen LogP contribution in [-0.2, 0) is 11.3 Å². The van der Waals surface area contributed by atoms with Crippen molar-refractivity contribution in [3.8, 4) is 0 Å². The van der Waals surface area contributed by atoms with Crippen LogP contribution in [0.2, 0.25) is 5.02 Å². The summed E-state index contributed by atoms with van der Waals surface area (Å²) in [6.07, 6.45) is 1.04. The number of piperidine rings is 1. The van der Waals surface area contributed by atoms with E-state index in [4.69, 9.17) is 11.6 Å². The van der Waals surface area contributed by atoms with Crippen molar-refractivity contribution in [2.75, 3.05) is 39.3 Å². The highest BCUT2D eigenvalue weighted by Gasteiger charge is 2.43. The number of nitrogens with zero attached hydrogens (tertiary/aromatic N) is 2. The number of hydrogen-bond acceptors (Lipinski definition) is 5. The van der Waals surface area contributed by atoms with E-state index >= 15 is 0 Å². The van der Waals surface area contributed by atoms with Crippen LogP contribution in [0.15, 0.2) is 18.2 Å². The third-order valence-corrected chi connectivity index (χ3v) is 6.13. The minimum absolute atomic E-state index is 0.164. The van der Waals surface area contributed by atoms with E-state index in [2.05, 4.69) is 21.1 Å². The third-order valence-electron chi connectivity index (χ3n) is 5.77. The quantitative estimate of drug-likeness (QED) is 0.715. The van der Waals surface area contributed by atoms with Crippen LogP contribution in [0, 0.1) is 11.7 Å². The maximum absolute atomic E-state index is 14.0. The highest BCUT2D eigenvalue weighted by atomic mass is 35.5. The highest BCUT2D eigenvalue weighted by Crippen LogP contribution is 2.23. The van der Waals surface area contributed by atoms with Crippen molar-refractivity contribution in [2.45, 2.75) is 25.0 Å². The van der Waals surface area contributed by atoms with Gasteiger partial charge in [0.2, 0.25) is 5.91 Å². The number of piperazine rings is 1. The molecule has 3 fully saturated rings. The fourth-order valence-corrected chi connectivity index (χ4v) is 4.41. The van der Waals surface area contributed by atoms with E-state index < -0.39 is 0 Å². The van der Waals surface area contributed by atoms with Gasteiger partial charge in [0, 0.05) is 61.8 Å². The van der Waals surface area contributed by atoms with Crippen molar-refractivity contribution in [2.24, 2.45) is 5.92 Å². The fraction of sp³-hybridized carbons (Fsp3) is 0.611. The van der Waals surface area contributed by atoms with Gasteiger partial charge in [-0.2, -0.15) is 0 Å². The van der Waals surface area contributed by atoms with Crippen LogP contribution < -0.4 is 16.2 Å². The Morgan fingerprint density at radius 3 is 2.81 bits per heavy atom. The number of amides is 1. The van der Waals surface area contributed by atoms with Gasteiger partial charge in [0.15, 0.2) is 0 Å². The summed E-state index contributed by atoms with van der Waals surface area (Å²) in [6, 6.07) is 4.98. The Hall–Kier alpha value is -1.25. The monoisotopic (exact) mass is 381 g/mol. The Kier molecular flexibility index (Phi) is 5.42. The summed E-state index contributed by atoms with van der Waals surface area (Å²) in [5, 5.41) is 3.84. The van der Waals surface area contributed by atoms with Crippen molar-refractivity contribution in [1.82, 2.24) is 26.0 Å². The largest absolute Gasteiger partial charge is 0.339 e. The van der Waals surface area contributed by atoms with Crippen molar-refractivity contribution in [1.29, 1.82) is 0 Å². The molecule has 3 N–H and O–H groups in total. The maximum atomic E-state index is 14.0. The molecule has 3 atom stereocenters. The van der Waals surface area contributed by atoms with Crippen LogP contribution >= 0.6 is 11.6 Å². The number of hydrogen-bond donors (Lipinski definition) is 3. The standard InChI is InChI=1S/C18H25ClFN5O/c19-14-2-1-3-15(20)13(14)11-24-6-8-25(9-7-24)18(26)17-12-10-21-5-4-16(12)22-23-17/h1-3,12,16-17,21-23H,4-11H2. The number of rotatable bonds is 3. The number of fused-ring (bicyclic) bond motifs is 1. The van der Waals surface area contributed by atoms with Crippen LogP contribution in [0.4, 0.5) is 4.39 Å². The van der Waals surface area contributed by atoms with Gasteiger partial charge in [-0.25, -0.2) is 9.82 Å². The topological polar surface area (TPSA) is 59.6 Å². The molecular weight excluding hydrogens is 357 g/mol. The molecule has 1 amide bonds. The zero-order valence-electron chi connectivity index (χ0n) is 14.7. The molecule has 3 aliphatic heterocycles. The Morgan fingerprint density at radius 2 is 2.04 bits per heavy atom. The molecule has 8 heteroatoms. The van der Waals surface area contributed by atoms with Crippen molar-refractivity contribution >= 4 is 17.5 Å². The number of nitrogens with one attached hydrogen (secondary N) is 3. The molecular formula is C18H25ClFN5O. The lowest BCUT2D eigenvalue weighted by Crippen LogP contribution is -2.55. The molecule has 1 aromatic carbocycles. The van der Waals surface area contributed by atoms with E-state index in [1.165, 1.54) is 6.07 Å². The van der Waals surface area contributed by atoms with Crippen molar-refractivity contribution < 1.29 is 9.18 Å². The normalized spacial score (nSPS) is 29.6. The van der Waals surface area contributed by atoms with E-state index in [0.717, 1.165) is 32.6 Å². The van der Waals surface area contributed by atoms with Gasteiger partial charge in [-0.1, -0.05) is 17.7 Å². The van der Waals surface area contributed by atoms with E-state index in [9.17, 15) is 9.18 Å².